The number of hydrogen-bond donors (Lipinski definition) is 0. The highest BCUT2D eigenvalue weighted by atomic mass is 35.5. The molecule has 112 valence electrons. The molecular weight excluding hydrogens is 271 g/mol. The van der Waals surface area contributed by atoms with Gasteiger partial charge in [0.1, 0.15) is 5.82 Å². The highest BCUT2D eigenvalue weighted by molar-refractivity contribution is 6.30. The zero-order valence-electron chi connectivity index (χ0n) is 12.5. The van der Waals surface area contributed by atoms with E-state index >= 15 is 0 Å². The first-order valence-electron chi connectivity index (χ1n) is 8.13. The topological polar surface area (TPSA) is 0 Å². The maximum atomic E-state index is 13.4. The normalized spacial score (nSPS) is 22.9. The van der Waals surface area contributed by atoms with E-state index < -0.39 is 0 Å². The Labute approximate surface area is 127 Å². The van der Waals surface area contributed by atoms with Crippen LogP contribution in [0, 0.1) is 17.7 Å². The van der Waals surface area contributed by atoms with Crippen LogP contribution in [0.5, 0.6) is 0 Å². The van der Waals surface area contributed by atoms with Gasteiger partial charge in [-0.3, -0.25) is 0 Å². The van der Waals surface area contributed by atoms with E-state index in [-0.39, 0.29) is 10.8 Å². The Morgan fingerprint density at radius 1 is 1.10 bits per heavy atom. The van der Waals surface area contributed by atoms with Crippen LogP contribution in [0.15, 0.2) is 18.2 Å². The van der Waals surface area contributed by atoms with Gasteiger partial charge in [0.15, 0.2) is 0 Å². The van der Waals surface area contributed by atoms with Gasteiger partial charge in [0.05, 0.1) is 5.02 Å². The molecule has 1 aromatic carbocycles. The summed E-state index contributed by atoms with van der Waals surface area (Å²) >= 11 is 5.71. The Morgan fingerprint density at radius 2 is 1.75 bits per heavy atom. The summed E-state index contributed by atoms with van der Waals surface area (Å²) in [5.74, 6) is 1.53. The van der Waals surface area contributed by atoms with Crippen molar-refractivity contribution in [2.24, 2.45) is 11.8 Å². The fourth-order valence-electron chi connectivity index (χ4n) is 3.37. The average molecular weight is 297 g/mol. The summed E-state index contributed by atoms with van der Waals surface area (Å²) in [6.07, 6.45) is 11.8. The van der Waals surface area contributed by atoms with E-state index in [0.29, 0.717) is 0 Å². The fraction of sp³-hybridized carbons (Fsp3) is 0.667. The maximum Gasteiger partial charge on any atom is 0.142 e. The fourth-order valence-corrected chi connectivity index (χ4v) is 3.49. The minimum Gasteiger partial charge on any atom is -0.205 e. The lowest BCUT2D eigenvalue weighted by Gasteiger charge is -2.28. The van der Waals surface area contributed by atoms with Gasteiger partial charge < -0.3 is 0 Å². The summed E-state index contributed by atoms with van der Waals surface area (Å²) in [7, 11) is 0. The first kappa shape index (κ1) is 15.8. The molecule has 0 N–H and O–H groups in total. The lowest BCUT2D eigenvalue weighted by Crippen LogP contribution is -2.15. The molecule has 20 heavy (non-hydrogen) atoms. The molecule has 0 bridgehead atoms. The number of rotatable bonds is 6. The molecule has 1 saturated carbocycles. The minimum absolute atomic E-state index is 0.227. The summed E-state index contributed by atoms with van der Waals surface area (Å²) in [6, 6.07) is 5.22. The SMILES string of the molecule is CCCCC1CCC(CCc2ccc(Cl)c(F)c2)CC1. The Kier molecular flexibility index (Phi) is 6.35. The van der Waals surface area contributed by atoms with Crippen LogP contribution in [0.2, 0.25) is 5.02 Å². The van der Waals surface area contributed by atoms with Gasteiger partial charge in [0.25, 0.3) is 0 Å². The second kappa shape index (κ2) is 8.02. The molecule has 0 aromatic heterocycles. The van der Waals surface area contributed by atoms with Gasteiger partial charge in [0.2, 0.25) is 0 Å². The monoisotopic (exact) mass is 296 g/mol. The van der Waals surface area contributed by atoms with E-state index in [2.05, 4.69) is 6.92 Å². The van der Waals surface area contributed by atoms with E-state index in [1.807, 2.05) is 6.07 Å². The van der Waals surface area contributed by atoms with E-state index in [0.717, 1.165) is 23.8 Å². The van der Waals surface area contributed by atoms with Crippen LogP contribution in [0.3, 0.4) is 0 Å². The third-order valence-electron chi connectivity index (χ3n) is 4.76. The van der Waals surface area contributed by atoms with Crippen molar-refractivity contribution in [1.82, 2.24) is 0 Å². The van der Waals surface area contributed by atoms with Crippen molar-refractivity contribution < 1.29 is 4.39 Å². The molecule has 1 aliphatic carbocycles. The number of unbranched alkanes of at least 4 members (excludes halogenated alkanes) is 1. The largest absolute Gasteiger partial charge is 0.205 e. The van der Waals surface area contributed by atoms with Crippen molar-refractivity contribution in [2.45, 2.75) is 64.7 Å². The zero-order chi connectivity index (χ0) is 14.4. The summed E-state index contributed by atoms with van der Waals surface area (Å²) in [5.41, 5.74) is 1.08. The van der Waals surface area contributed by atoms with Gasteiger partial charge in [-0.1, -0.05) is 69.5 Å². The lowest BCUT2D eigenvalue weighted by molar-refractivity contribution is 0.250. The first-order valence-corrected chi connectivity index (χ1v) is 8.50. The van der Waals surface area contributed by atoms with E-state index in [4.69, 9.17) is 11.6 Å². The molecule has 1 fully saturated rings. The maximum absolute atomic E-state index is 13.4. The number of halogens is 2. The zero-order valence-corrected chi connectivity index (χ0v) is 13.3. The molecule has 0 heterocycles. The van der Waals surface area contributed by atoms with Crippen LogP contribution >= 0.6 is 11.6 Å². The number of benzene rings is 1. The molecule has 1 aromatic rings. The van der Waals surface area contributed by atoms with Crippen molar-refractivity contribution in [1.29, 1.82) is 0 Å². The van der Waals surface area contributed by atoms with Crippen LogP contribution in [-0.4, -0.2) is 0 Å². The van der Waals surface area contributed by atoms with Gasteiger partial charge in [-0.05, 0) is 42.4 Å². The molecule has 0 spiro atoms. The smallest absolute Gasteiger partial charge is 0.142 e. The van der Waals surface area contributed by atoms with Crippen LogP contribution in [0.1, 0.15) is 63.9 Å². The predicted octanol–water partition coefficient (Wildman–Crippen LogP) is 6.41. The van der Waals surface area contributed by atoms with Crippen LogP contribution in [0.4, 0.5) is 4.39 Å². The van der Waals surface area contributed by atoms with Crippen LogP contribution < -0.4 is 0 Å². The molecule has 2 rings (SSSR count). The summed E-state index contributed by atoms with van der Waals surface area (Å²) in [4.78, 5) is 0. The molecule has 0 atom stereocenters. The molecule has 0 nitrogen and oxygen atoms in total. The van der Waals surface area contributed by atoms with Crippen molar-refractivity contribution in [2.75, 3.05) is 0 Å². The molecule has 0 unspecified atom stereocenters. The number of aryl methyl sites for hydroxylation is 1. The molecule has 0 amide bonds. The van der Waals surface area contributed by atoms with Crippen molar-refractivity contribution >= 4 is 11.6 Å². The Hall–Kier alpha value is -0.560. The Balaban J connectivity index is 1.71. The summed E-state index contributed by atoms with van der Waals surface area (Å²) in [5, 5.41) is 0.227. The number of hydrogen-bond acceptors (Lipinski definition) is 0. The third kappa shape index (κ3) is 4.77. The van der Waals surface area contributed by atoms with Crippen molar-refractivity contribution in [3.05, 3.63) is 34.6 Å². The molecule has 0 saturated heterocycles. The summed E-state index contributed by atoms with van der Waals surface area (Å²) in [6.45, 7) is 2.27. The Bertz CT molecular complexity index is 408. The molecule has 0 aliphatic heterocycles. The molecule has 2 heteroatoms. The van der Waals surface area contributed by atoms with E-state index in [9.17, 15) is 4.39 Å². The van der Waals surface area contributed by atoms with Gasteiger partial charge in [-0.15, -0.1) is 0 Å². The quantitative estimate of drug-likeness (QED) is 0.569. The van der Waals surface area contributed by atoms with Crippen molar-refractivity contribution in [3.8, 4) is 0 Å². The molecule has 0 radical (unpaired) electrons. The lowest BCUT2D eigenvalue weighted by atomic mass is 9.78. The van der Waals surface area contributed by atoms with Crippen LogP contribution in [-0.2, 0) is 6.42 Å². The highest BCUT2D eigenvalue weighted by Gasteiger charge is 2.20. The van der Waals surface area contributed by atoms with E-state index in [1.165, 1.54) is 51.4 Å². The van der Waals surface area contributed by atoms with Crippen LogP contribution in [0.25, 0.3) is 0 Å². The standard InChI is InChI=1S/C18H26ClF/c1-2-3-4-14-5-7-15(8-6-14)9-10-16-11-12-17(19)18(20)13-16/h11-15H,2-10H2,1H3. The second-order valence-electron chi connectivity index (χ2n) is 6.32. The minimum atomic E-state index is -0.285. The second-order valence-corrected chi connectivity index (χ2v) is 6.72. The molecule has 1 aliphatic rings. The van der Waals surface area contributed by atoms with Gasteiger partial charge in [0, 0.05) is 0 Å². The predicted molar refractivity (Wildman–Crippen MR) is 84.7 cm³/mol. The average Bonchev–Trinajstić information content (AvgIpc) is 2.47. The van der Waals surface area contributed by atoms with Gasteiger partial charge >= 0.3 is 0 Å². The van der Waals surface area contributed by atoms with Gasteiger partial charge in [-0.2, -0.15) is 0 Å². The Morgan fingerprint density at radius 3 is 2.35 bits per heavy atom. The van der Waals surface area contributed by atoms with Gasteiger partial charge in [-0.25, -0.2) is 4.39 Å². The van der Waals surface area contributed by atoms with Crippen molar-refractivity contribution in [3.63, 3.8) is 0 Å². The first-order chi connectivity index (χ1) is 9.69. The van der Waals surface area contributed by atoms with E-state index in [1.54, 1.807) is 12.1 Å². The summed E-state index contributed by atoms with van der Waals surface area (Å²) < 4.78 is 13.4. The highest BCUT2D eigenvalue weighted by Crippen LogP contribution is 2.34. The third-order valence-corrected chi connectivity index (χ3v) is 5.06. The molecular formula is C18H26ClF.